The number of piperazine rings is 1. The maximum absolute atomic E-state index is 6.07. The molecule has 1 aromatic rings. The predicted molar refractivity (Wildman–Crippen MR) is 84.2 cm³/mol. The van der Waals surface area contributed by atoms with E-state index in [1.54, 1.807) is 0 Å². The summed E-state index contributed by atoms with van der Waals surface area (Å²) in [6, 6.07) is 0.548. The second kappa shape index (κ2) is 5.95. The first-order chi connectivity index (χ1) is 9.43. The molecule has 112 valence electrons. The zero-order chi connectivity index (χ0) is 14.9. The van der Waals surface area contributed by atoms with E-state index >= 15 is 0 Å². The highest BCUT2D eigenvalue weighted by molar-refractivity contribution is 5.57. The number of rotatable bonds is 3. The molecule has 1 unspecified atom stereocenters. The van der Waals surface area contributed by atoms with Crippen LogP contribution in [0.4, 0.5) is 11.6 Å². The highest BCUT2D eigenvalue weighted by atomic mass is 15.3. The smallest absolute Gasteiger partial charge is 0.137 e. The second-order valence-corrected chi connectivity index (χ2v) is 5.99. The third kappa shape index (κ3) is 2.87. The molecule has 20 heavy (non-hydrogen) atoms. The number of anilines is 2. The number of likely N-dealkylation sites (N-methyl/N-ethyl adjacent to an activating group) is 1. The van der Waals surface area contributed by atoms with Crippen molar-refractivity contribution in [2.24, 2.45) is 0 Å². The van der Waals surface area contributed by atoms with Gasteiger partial charge in [0.05, 0.1) is 0 Å². The Morgan fingerprint density at radius 3 is 2.55 bits per heavy atom. The molecule has 0 aromatic carbocycles. The van der Waals surface area contributed by atoms with Gasteiger partial charge < -0.3 is 10.6 Å². The van der Waals surface area contributed by atoms with Gasteiger partial charge in [-0.05, 0) is 20.4 Å². The number of aromatic nitrogens is 2. The molecule has 1 atom stereocenters. The average Bonchev–Trinajstić information content (AvgIpc) is 2.41. The van der Waals surface area contributed by atoms with Gasteiger partial charge in [-0.2, -0.15) is 0 Å². The van der Waals surface area contributed by atoms with Gasteiger partial charge in [0.15, 0.2) is 0 Å². The molecule has 0 saturated carbocycles. The number of nitrogen functional groups attached to an aromatic ring is 1. The van der Waals surface area contributed by atoms with Crippen LogP contribution in [0.3, 0.4) is 0 Å². The normalized spacial score (nSPS) is 20.7. The van der Waals surface area contributed by atoms with Gasteiger partial charge in [-0.15, -0.1) is 0 Å². The minimum atomic E-state index is 0.297. The van der Waals surface area contributed by atoms with Crippen molar-refractivity contribution in [3.63, 3.8) is 0 Å². The Hall–Kier alpha value is -1.36. The van der Waals surface area contributed by atoms with Gasteiger partial charge in [-0.3, -0.25) is 4.90 Å². The molecule has 2 N–H and O–H groups in total. The maximum Gasteiger partial charge on any atom is 0.137 e. The van der Waals surface area contributed by atoms with Gasteiger partial charge in [0.1, 0.15) is 17.5 Å². The Balaban J connectivity index is 2.28. The van der Waals surface area contributed by atoms with Crippen molar-refractivity contribution < 1.29 is 0 Å². The molecular formula is C15H27N5. The van der Waals surface area contributed by atoms with Crippen molar-refractivity contribution in [1.82, 2.24) is 14.9 Å². The van der Waals surface area contributed by atoms with E-state index in [0.29, 0.717) is 17.8 Å². The summed E-state index contributed by atoms with van der Waals surface area (Å²) in [6.07, 6.45) is 0. The average molecular weight is 277 g/mol. The zero-order valence-corrected chi connectivity index (χ0v) is 13.3. The summed E-state index contributed by atoms with van der Waals surface area (Å²) in [6.45, 7) is 14.9. The third-order valence-corrected chi connectivity index (χ3v) is 4.16. The van der Waals surface area contributed by atoms with E-state index in [9.17, 15) is 0 Å². The monoisotopic (exact) mass is 277 g/mol. The lowest BCUT2D eigenvalue weighted by Crippen LogP contribution is -2.52. The summed E-state index contributed by atoms with van der Waals surface area (Å²) >= 11 is 0. The Labute approximate surface area is 122 Å². The molecule has 1 aromatic heterocycles. The van der Waals surface area contributed by atoms with E-state index in [-0.39, 0.29) is 0 Å². The fraction of sp³-hybridized carbons (Fsp3) is 0.733. The van der Waals surface area contributed by atoms with Crippen molar-refractivity contribution >= 4 is 11.6 Å². The van der Waals surface area contributed by atoms with Gasteiger partial charge in [0.2, 0.25) is 0 Å². The standard InChI is InChI=1S/C15H27N5/c1-6-19-7-8-20(9-11(19)4)15-12(5)13(16)17-14(18-15)10(2)3/h10-11H,6-9H2,1-5H3,(H2,16,17,18). The first-order valence-corrected chi connectivity index (χ1v) is 7.57. The largest absolute Gasteiger partial charge is 0.383 e. The van der Waals surface area contributed by atoms with Crippen LogP contribution in [0, 0.1) is 6.92 Å². The highest BCUT2D eigenvalue weighted by Gasteiger charge is 2.25. The molecule has 1 aliphatic rings. The Morgan fingerprint density at radius 2 is 2.00 bits per heavy atom. The number of nitrogens with zero attached hydrogens (tertiary/aromatic N) is 4. The van der Waals surface area contributed by atoms with Crippen LogP contribution in [0.5, 0.6) is 0 Å². The molecule has 1 saturated heterocycles. The SMILES string of the molecule is CCN1CCN(c2nc(C(C)C)nc(N)c2C)CC1C. The summed E-state index contributed by atoms with van der Waals surface area (Å²) < 4.78 is 0. The van der Waals surface area contributed by atoms with Crippen LogP contribution >= 0.6 is 0 Å². The number of hydrogen-bond acceptors (Lipinski definition) is 5. The molecular weight excluding hydrogens is 250 g/mol. The van der Waals surface area contributed by atoms with E-state index in [0.717, 1.165) is 43.4 Å². The molecule has 0 spiro atoms. The van der Waals surface area contributed by atoms with Crippen LogP contribution < -0.4 is 10.6 Å². The Bertz CT molecular complexity index is 472. The quantitative estimate of drug-likeness (QED) is 0.916. The summed E-state index contributed by atoms with van der Waals surface area (Å²) in [7, 11) is 0. The Kier molecular flexibility index (Phi) is 4.48. The molecule has 0 bridgehead atoms. The van der Waals surface area contributed by atoms with Crippen molar-refractivity contribution in [2.45, 2.75) is 46.6 Å². The second-order valence-electron chi connectivity index (χ2n) is 5.99. The lowest BCUT2D eigenvalue weighted by atomic mass is 10.1. The maximum atomic E-state index is 6.07. The van der Waals surface area contributed by atoms with Gasteiger partial charge in [0, 0.05) is 37.2 Å². The molecule has 2 heterocycles. The highest BCUT2D eigenvalue weighted by Crippen LogP contribution is 2.26. The van der Waals surface area contributed by atoms with Crippen LogP contribution in [0.2, 0.25) is 0 Å². The van der Waals surface area contributed by atoms with Crippen molar-refractivity contribution in [1.29, 1.82) is 0 Å². The van der Waals surface area contributed by atoms with Crippen molar-refractivity contribution in [3.8, 4) is 0 Å². The molecule has 1 aliphatic heterocycles. The molecule has 2 rings (SSSR count). The molecule has 0 amide bonds. The summed E-state index contributed by atoms with van der Waals surface area (Å²) in [5.41, 5.74) is 7.07. The number of nitrogens with two attached hydrogens (primary N) is 1. The summed E-state index contributed by atoms with van der Waals surface area (Å²) in [5, 5.41) is 0. The van der Waals surface area contributed by atoms with E-state index in [2.05, 4.69) is 42.5 Å². The van der Waals surface area contributed by atoms with Gasteiger partial charge in [-0.1, -0.05) is 20.8 Å². The first kappa shape index (κ1) is 15.0. The van der Waals surface area contributed by atoms with Gasteiger partial charge in [-0.25, -0.2) is 9.97 Å². The molecule has 0 radical (unpaired) electrons. The molecule has 5 heteroatoms. The fourth-order valence-corrected chi connectivity index (χ4v) is 2.76. The van der Waals surface area contributed by atoms with Gasteiger partial charge >= 0.3 is 0 Å². The molecule has 1 fully saturated rings. The van der Waals surface area contributed by atoms with Crippen LogP contribution in [-0.2, 0) is 0 Å². The van der Waals surface area contributed by atoms with Crippen LogP contribution in [-0.4, -0.2) is 47.1 Å². The first-order valence-electron chi connectivity index (χ1n) is 7.57. The van der Waals surface area contributed by atoms with E-state index in [1.165, 1.54) is 0 Å². The third-order valence-electron chi connectivity index (χ3n) is 4.16. The topological polar surface area (TPSA) is 58.3 Å². The minimum absolute atomic E-state index is 0.297. The fourth-order valence-electron chi connectivity index (χ4n) is 2.76. The van der Waals surface area contributed by atoms with Crippen LogP contribution in [0.1, 0.15) is 45.0 Å². The number of hydrogen-bond donors (Lipinski definition) is 1. The van der Waals surface area contributed by atoms with Gasteiger partial charge in [0.25, 0.3) is 0 Å². The lowest BCUT2D eigenvalue weighted by molar-refractivity contribution is 0.199. The van der Waals surface area contributed by atoms with Crippen LogP contribution in [0.25, 0.3) is 0 Å². The van der Waals surface area contributed by atoms with E-state index in [1.807, 2.05) is 6.92 Å². The van der Waals surface area contributed by atoms with Crippen molar-refractivity contribution in [3.05, 3.63) is 11.4 Å². The van der Waals surface area contributed by atoms with Crippen molar-refractivity contribution in [2.75, 3.05) is 36.8 Å². The zero-order valence-electron chi connectivity index (χ0n) is 13.3. The van der Waals surface area contributed by atoms with E-state index in [4.69, 9.17) is 10.7 Å². The lowest BCUT2D eigenvalue weighted by Gasteiger charge is -2.40. The summed E-state index contributed by atoms with van der Waals surface area (Å²) in [5.74, 6) is 2.77. The van der Waals surface area contributed by atoms with Crippen LogP contribution in [0.15, 0.2) is 0 Å². The minimum Gasteiger partial charge on any atom is -0.383 e. The van der Waals surface area contributed by atoms with E-state index < -0.39 is 0 Å². The Morgan fingerprint density at radius 1 is 1.30 bits per heavy atom. The predicted octanol–water partition coefficient (Wildman–Crippen LogP) is 2.02. The molecule has 5 nitrogen and oxygen atoms in total. The summed E-state index contributed by atoms with van der Waals surface area (Å²) in [4.78, 5) is 14.0. The molecule has 0 aliphatic carbocycles.